The summed E-state index contributed by atoms with van der Waals surface area (Å²) in [6.07, 6.45) is -5.02. The number of halogens is 3. The molecule has 0 spiro atoms. The molecule has 0 aliphatic carbocycles. The number of benzene rings is 1. The van der Waals surface area contributed by atoms with Gasteiger partial charge in [-0.15, -0.1) is 0 Å². The van der Waals surface area contributed by atoms with E-state index in [9.17, 15) is 27.6 Å². The first kappa shape index (κ1) is 17.2. The topological polar surface area (TPSA) is 104 Å². The standard InChI is InChI=1S/C14H11F3N4O3/c15-14(16,17)13(24)19-9-4-2-1-3-8(9)7-18-12(23)10-5-6-11(22)21-20-10/h1-6H,7H2,(H,18,23)(H,19,24)(H,21,22). The van der Waals surface area contributed by atoms with E-state index in [2.05, 4.69) is 15.5 Å². The van der Waals surface area contributed by atoms with Gasteiger partial charge in [0.15, 0.2) is 0 Å². The zero-order chi connectivity index (χ0) is 17.7. The van der Waals surface area contributed by atoms with Crippen LogP contribution in [-0.4, -0.2) is 28.2 Å². The average molecular weight is 340 g/mol. The van der Waals surface area contributed by atoms with E-state index in [1.165, 1.54) is 24.3 Å². The first-order valence-electron chi connectivity index (χ1n) is 6.57. The number of aromatic amines is 1. The third kappa shape index (κ3) is 4.41. The fourth-order valence-electron chi connectivity index (χ4n) is 1.73. The molecule has 10 heteroatoms. The lowest BCUT2D eigenvalue weighted by Crippen LogP contribution is -2.31. The maximum Gasteiger partial charge on any atom is 0.471 e. The Balaban J connectivity index is 2.07. The molecular formula is C14H11F3N4O3. The van der Waals surface area contributed by atoms with E-state index in [1.807, 2.05) is 0 Å². The van der Waals surface area contributed by atoms with Crippen molar-refractivity contribution >= 4 is 17.5 Å². The van der Waals surface area contributed by atoms with Crippen molar-refractivity contribution in [2.75, 3.05) is 5.32 Å². The number of carbonyl (C=O) groups excluding carboxylic acids is 2. The molecule has 1 aromatic heterocycles. The largest absolute Gasteiger partial charge is 0.471 e. The number of H-pyrrole nitrogens is 1. The number of rotatable bonds is 4. The van der Waals surface area contributed by atoms with E-state index in [4.69, 9.17) is 0 Å². The second-order valence-electron chi connectivity index (χ2n) is 4.60. The molecule has 0 aliphatic heterocycles. The van der Waals surface area contributed by atoms with Crippen molar-refractivity contribution in [3.05, 3.63) is 58.0 Å². The molecule has 7 nitrogen and oxygen atoms in total. The van der Waals surface area contributed by atoms with E-state index >= 15 is 0 Å². The molecule has 2 rings (SSSR count). The highest BCUT2D eigenvalue weighted by molar-refractivity contribution is 5.96. The number of amides is 2. The van der Waals surface area contributed by atoms with E-state index in [0.29, 0.717) is 0 Å². The maximum atomic E-state index is 12.3. The van der Waals surface area contributed by atoms with Crippen LogP contribution in [0.2, 0.25) is 0 Å². The van der Waals surface area contributed by atoms with Crippen LogP contribution < -0.4 is 16.2 Å². The molecule has 0 saturated heterocycles. The van der Waals surface area contributed by atoms with Crippen LogP contribution in [0, 0.1) is 0 Å². The number of para-hydroxylation sites is 1. The highest BCUT2D eigenvalue weighted by Gasteiger charge is 2.38. The number of alkyl halides is 3. The summed E-state index contributed by atoms with van der Waals surface area (Å²) < 4.78 is 36.9. The van der Waals surface area contributed by atoms with E-state index in [-0.39, 0.29) is 23.5 Å². The molecule has 2 amide bonds. The number of aromatic nitrogens is 2. The predicted octanol–water partition coefficient (Wildman–Crippen LogP) is 1.20. The van der Waals surface area contributed by atoms with Gasteiger partial charge in [0.1, 0.15) is 5.69 Å². The summed E-state index contributed by atoms with van der Waals surface area (Å²) in [5, 5.41) is 9.78. The minimum Gasteiger partial charge on any atom is -0.346 e. The molecule has 24 heavy (non-hydrogen) atoms. The predicted molar refractivity (Wildman–Crippen MR) is 77.2 cm³/mol. The number of carbonyl (C=O) groups is 2. The molecule has 0 saturated carbocycles. The average Bonchev–Trinajstić information content (AvgIpc) is 2.53. The minimum absolute atomic E-state index is 0.0635. The molecule has 1 heterocycles. The molecule has 2 aromatic rings. The SMILES string of the molecule is O=C(NCc1ccccc1NC(=O)C(F)(F)F)c1ccc(=O)[nH]n1. The summed E-state index contributed by atoms with van der Waals surface area (Å²) in [5.41, 5.74) is -0.347. The Morgan fingerprint density at radius 2 is 1.83 bits per heavy atom. The van der Waals surface area contributed by atoms with Crippen molar-refractivity contribution in [1.82, 2.24) is 15.5 Å². The Morgan fingerprint density at radius 3 is 2.46 bits per heavy atom. The molecule has 3 N–H and O–H groups in total. The van der Waals surface area contributed by atoms with Gasteiger partial charge < -0.3 is 10.6 Å². The molecule has 0 radical (unpaired) electrons. The Labute approximate surface area is 132 Å². The maximum absolute atomic E-state index is 12.3. The van der Waals surface area contributed by atoms with Gasteiger partial charge in [-0.25, -0.2) is 5.10 Å². The van der Waals surface area contributed by atoms with Crippen LogP contribution in [-0.2, 0) is 11.3 Å². The lowest BCUT2D eigenvalue weighted by atomic mass is 10.1. The Morgan fingerprint density at radius 1 is 1.12 bits per heavy atom. The van der Waals surface area contributed by atoms with Crippen molar-refractivity contribution in [2.24, 2.45) is 0 Å². The Bertz CT molecular complexity index is 797. The fraction of sp³-hybridized carbons (Fsp3) is 0.143. The zero-order valence-corrected chi connectivity index (χ0v) is 12.0. The Kier molecular flexibility index (Phi) is 4.97. The third-order valence-corrected chi connectivity index (χ3v) is 2.87. The van der Waals surface area contributed by atoms with Crippen LogP contribution in [0.15, 0.2) is 41.2 Å². The summed E-state index contributed by atoms with van der Waals surface area (Å²) >= 11 is 0. The third-order valence-electron chi connectivity index (χ3n) is 2.87. The quantitative estimate of drug-likeness (QED) is 0.778. The van der Waals surface area contributed by atoms with Gasteiger partial charge in [-0.3, -0.25) is 14.4 Å². The van der Waals surface area contributed by atoms with Crippen LogP contribution in [0.25, 0.3) is 0 Å². The molecule has 0 bridgehead atoms. The van der Waals surface area contributed by atoms with Crippen LogP contribution in [0.5, 0.6) is 0 Å². The van der Waals surface area contributed by atoms with Gasteiger partial charge in [0.05, 0.1) is 0 Å². The summed E-state index contributed by atoms with van der Waals surface area (Å²) in [6.45, 7) is -0.145. The van der Waals surface area contributed by atoms with Gasteiger partial charge in [0.25, 0.3) is 11.5 Å². The summed E-state index contributed by atoms with van der Waals surface area (Å²) in [7, 11) is 0. The molecule has 0 fully saturated rings. The number of hydrogen-bond donors (Lipinski definition) is 3. The lowest BCUT2D eigenvalue weighted by Gasteiger charge is -2.13. The van der Waals surface area contributed by atoms with Crippen molar-refractivity contribution < 1.29 is 22.8 Å². The number of anilines is 1. The molecule has 126 valence electrons. The van der Waals surface area contributed by atoms with Crippen LogP contribution >= 0.6 is 0 Å². The van der Waals surface area contributed by atoms with Gasteiger partial charge in [0, 0.05) is 18.3 Å². The molecule has 0 atom stereocenters. The molecule has 0 aliphatic rings. The number of hydrogen-bond acceptors (Lipinski definition) is 4. The van der Waals surface area contributed by atoms with E-state index in [1.54, 1.807) is 11.4 Å². The first-order chi connectivity index (χ1) is 11.3. The van der Waals surface area contributed by atoms with Crippen LogP contribution in [0.4, 0.5) is 18.9 Å². The van der Waals surface area contributed by atoms with Crippen LogP contribution in [0.3, 0.4) is 0 Å². The van der Waals surface area contributed by atoms with Crippen molar-refractivity contribution in [3.63, 3.8) is 0 Å². The normalized spacial score (nSPS) is 11.0. The van der Waals surface area contributed by atoms with Gasteiger partial charge >= 0.3 is 12.1 Å². The molecule has 0 unspecified atom stereocenters. The minimum atomic E-state index is -5.02. The number of nitrogens with zero attached hydrogens (tertiary/aromatic N) is 1. The first-order valence-corrected chi connectivity index (χ1v) is 6.57. The Hall–Kier alpha value is -3.17. The fourth-order valence-corrected chi connectivity index (χ4v) is 1.73. The highest BCUT2D eigenvalue weighted by Crippen LogP contribution is 2.20. The second-order valence-corrected chi connectivity index (χ2v) is 4.60. The van der Waals surface area contributed by atoms with Gasteiger partial charge in [-0.2, -0.15) is 18.3 Å². The van der Waals surface area contributed by atoms with Crippen molar-refractivity contribution in [3.8, 4) is 0 Å². The summed E-state index contributed by atoms with van der Waals surface area (Å²) in [6, 6.07) is 8.03. The summed E-state index contributed by atoms with van der Waals surface area (Å²) in [4.78, 5) is 33.7. The highest BCUT2D eigenvalue weighted by atomic mass is 19.4. The molecular weight excluding hydrogens is 329 g/mol. The van der Waals surface area contributed by atoms with E-state index < -0.39 is 23.5 Å². The lowest BCUT2D eigenvalue weighted by molar-refractivity contribution is -0.167. The summed E-state index contributed by atoms with van der Waals surface area (Å²) in [5.74, 6) is -2.74. The van der Waals surface area contributed by atoms with E-state index in [0.717, 1.165) is 6.07 Å². The van der Waals surface area contributed by atoms with Crippen molar-refractivity contribution in [1.29, 1.82) is 0 Å². The molecule has 1 aromatic carbocycles. The zero-order valence-electron chi connectivity index (χ0n) is 12.0. The number of nitrogens with one attached hydrogen (secondary N) is 3. The van der Waals surface area contributed by atoms with Gasteiger partial charge in [0.2, 0.25) is 0 Å². The van der Waals surface area contributed by atoms with Gasteiger partial charge in [-0.05, 0) is 17.7 Å². The van der Waals surface area contributed by atoms with Gasteiger partial charge in [-0.1, -0.05) is 18.2 Å². The van der Waals surface area contributed by atoms with Crippen molar-refractivity contribution in [2.45, 2.75) is 12.7 Å². The second kappa shape index (κ2) is 6.94. The smallest absolute Gasteiger partial charge is 0.346 e. The monoisotopic (exact) mass is 340 g/mol. The van der Waals surface area contributed by atoms with Crippen LogP contribution in [0.1, 0.15) is 16.1 Å².